The zero-order valence-corrected chi connectivity index (χ0v) is 11.4. The number of pyridine rings is 1. The van der Waals surface area contributed by atoms with E-state index in [1.807, 2.05) is 13.1 Å². The third-order valence-electron chi connectivity index (χ3n) is 3.10. The van der Waals surface area contributed by atoms with E-state index in [0.29, 0.717) is 12.5 Å². The molecule has 1 aromatic heterocycles. The molecule has 3 heteroatoms. The lowest BCUT2D eigenvalue weighted by Gasteiger charge is -2.13. The molecule has 1 N–H and O–H groups in total. The van der Waals surface area contributed by atoms with Gasteiger partial charge in [0.2, 0.25) is 0 Å². The molecule has 0 aliphatic heterocycles. The first-order chi connectivity index (χ1) is 8.67. The lowest BCUT2D eigenvalue weighted by Crippen LogP contribution is -2.00. The molecule has 0 amide bonds. The normalized spacial score (nSPS) is 11.2. The largest absolute Gasteiger partial charge is 0.388 e. The molecule has 0 atom stereocenters. The molecule has 0 spiro atoms. The lowest BCUT2D eigenvalue weighted by molar-refractivity contribution is 0.186. The Bertz CT molecular complexity index is 549. The second-order valence-corrected chi connectivity index (χ2v) is 4.75. The van der Waals surface area contributed by atoms with E-state index in [0.717, 1.165) is 27.8 Å². The van der Waals surface area contributed by atoms with Gasteiger partial charge in [0, 0.05) is 36.5 Å². The van der Waals surface area contributed by atoms with Crippen molar-refractivity contribution in [3.8, 4) is 0 Å². The van der Waals surface area contributed by atoms with Gasteiger partial charge >= 0.3 is 0 Å². The predicted octanol–water partition coefficient (Wildman–Crippen LogP) is 3.55. The summed E-state index contributed by atoms with van der Waals surface area (Å²) in [7, 11) is 3.66. The van der Waals surface area contributed by atoms with Crippen LogP contribution < -0.4 is 5.32 Å². The van der Waals surface area contributed by atoms with E-state index >= 15 is 0 Å². The molecule has 0 unspecified atom stereocenters. The topological polar surface area (TPSA) is 34.2 Å². The molecule has 2 rings (SSSR count). The number of ether oxygens (including phenoxy) is 1. The maximum atomic E-state index is 5.25. The predicted molar refractivity (Wildman–Crippen MR) is 76.1 cm³/mol. The Balaban J connectivity index is 2.71. The summed E-state index contributed by atoms with van der Waals surface area (Å²) in [5.74, 6) is 0.414. The zero-order chi connectivity index (χ0) is 13.1. The first kappa shape index (κ1) is 12.8. The molecule has 0 saturated carbocycles. The fourth-order valence-corrected chi connectivity index (χ4v) is 2.10. The van der Waals surface area contributed by atoms with Crippen molar-refractivity contribution < 1.29 is 4.74 Å². The maximum absolute atomic E-state index is 5.25. The Kier molecular flexibility index (Phi) is 3.82. The summed E-state index contributed by atoms with van der Waals surface area (Å²) < 4.78 is 5.25. The molecule has 1 aromatic carbocycles. The monoisotopic (exact) mass is 244 g/mol. The molecule has 0 bridgehead atoms. The number of fused-ring (bicyclic) bond motifs is 1. The number of methoxy groups -OCH3 is 1. The van der Waals surface area contributed by atoms with Crippen LogP contribution in [0, 0.1) is 0 Å². The van der Waals surface area contributed by atoms with Gasteiger partial charge in [-0.3, -0.25) is 4.98 Å². The van der Waals surface area contributed by atoms with Crippen molar-refractivity contribution in [3.63, 3.8) is 0 Å². The van der Waals surface area contributed by atoms with Crippen LogP contribution in [0.5, 0.6) is 0 Å². The third kappa shape index (κ3) is 2.31. The number of para-hydroxylation sites is 1. The highest BCUT2D eigenvalue weighted by molar-refractivity contribution is 5.93. The van der Waals surface area contributed by atoms with E-state index in [1.54, 1.807) is 7.11 Å². The summed E-state index contributed by atoms with van der Waals surface area (Å²) in [6, 6.07) is 8.34. The van der Waals surface area contributed by atoms with Crippen LogP contribution in [0.25, 0.3) is 10.9 Å². The summed E-state index contributed by atoms with van der Waals surface area (Å²) in [4.78, 5) is 4.78. The van der Waals surface area contributed by atoms with Crippen molar-refractivity contribution in [2.45, 2.75) is 26.4 Å². The van der Waals surface area contributed by atoms with Crippen LogP contribution in [0.4, 0.5) is 5.69 Å². The molecule has 96 valence electrons. The van der Waals surface area contributed by atoms with Crippen LogP contribution in [0.2, 0.25) is 0 Å². The van der Waals surface area contributed by atoms with Crippen LogP contribution in [0.15, 0.2) is 24.3 Å². The molecule has 0 saturated heterocycles. The Labute approximate surface area is 108 Å². The summed E-state index contributed by atoms with van der Waals surface area (Å²) >= 11 is 0. The van der Waals surface area contributed by atoms with E-state index < -0.39 is 0 Å². The molecule has 3 nitrogen and oxygen atoms in total. The average molecular weight is 244 g/mol. The molecule has 18 heavy (non-hydrogen) atoms. The first-order valence-corrected chi connectivity index (χ1v) is 6.26. The SMILES string of the molecule is CNc1cc(C(C)C)nc2c(COC)cccc12. The summed E-state index contributed by atoms with van der Waals surface area (Å²) in [5.41, 5.74) is 4.40. The maximum Gasteiger partial charge on any atom is 0.0781 e. The molecule has 0 aliphatic carbocycles. The number of hydrogen-bond donors (Lipinski definition) is 1. The van der Waals surface area contributed by atoms with Crippen LogP contribution in [-0.4, -0.2) is 19.1 Å². The Morgan fingerprint density at radius 1 is 1.33 bits per heavy atom. The van der Waals surface area contributed by atoms with E-state index in [9.17, 15) is 0 Å². The minimum Gasteiger partial charge on any atom is -0.388 e. The standard InChI is InChI=1S/C15H20N2O/c1-10(2)13-8-14(16-3)12-7-5-6-11(9-18-4)15(12)17-13/h5-8,10H,9H2,1-4H3,(H,16,17). The van der Waals surface area contributed by atoms with Gasteiger partial charge in [-0.1, -0.05) is 32.0 Å². The second-order valence-electron chi connectivity index (χ2n) is 4.75. The molecular formula is C15H20N2O. The molecule has 1 heterocycles. The van der Waals surface area contributed by atoms with Crippen LogP contribution in [0.3, 0.4) is 0 Å². The summed E-state index contributed by atoms with van der Waals surface area (Å²) in [6.07, 6.45) is 0. The van der Waals surface area contributed by atoms with Gasteiger partial charge in [0.15, 0.2) is 0 Å². The van der Waals surface area contributed by atoms with Crippen molar-refractivity contribution in [3.05, 3.63) is 35.5 Å². The van der Waals surface area contributed by atoms with Gasteiger partial charge < -0.3 is 10.1 Å². The van der Waals surface area contributed by atoms with Crippen molar-refractivity contribution in [1.29, 1.82) is 0 Å². The highest BCUT2D eigenvalue weighted by Crippen LogP contribution is 2.28. The average Bonchev–Trinajstić information content (AvgIpc) is 2.38. The number of rotatable bonds is 4. The lowest BCUT2D eigenvalue weighted by atomic mass is 10.0. The molecule has 0 radical (unpaired) electrons. The van der Waals surface area contributed by atoms with Gasteiger partial charge in [-0.25, -0.2) is 0 Å². The van der Waals surface area contributed by atoms with E-state index in [4.69, 9.17) is 9.72 Å². The van der Waals surface area contributed by atoms with Crippen LogP contribution >= 0.6 is 0 Å². The van der Waals surface area contributed by atoms with Gasteiger partial charge in [-0.05, 0) is 12.0 Å². The van der Waals surface area contributed by atoms with E-state index in [-0.39, 0.29) is 0 Å². The smallest absolute Gasteiger partial charge is 0.0781 e. The summed E-state index contributed by atoms with van der Waals surface area (Å²) in [6.45, 7) is 4.91. The Hall–Kier alpha value is -1.61. The van der Waals surface area contributed by atoms with Gasteiger partial charge in [0.25, 0.3) is 0 Å². The molecular weight excluding hydrogens is 224 g/mol. The highest BCUT2D eigenvalue weighted by atomic mass is 16.5. The fourth-order valence-electron chi connectivity index (χ4n) is 2.10. The van der Waals surface area contributed by atoms with Crippen LogP contribution in [-0.2, 0) is 11.3 Å². The van der Waals surface area contributed by atoms with Gasteiger partial charge in [0.1, 0.15) is 0 Å². The fraction of sp³-hybridized carbons (Fsp3) is 0.400. The Morgan fingerprint density at radius 3 is 2.72 bits per heavy atom. The quantitative estimate of drug-likeness (QED) is 0.893. The van der Waals surface area contributed by atoms with Crippen molar-refractivity contribution in [2.75, 3.05) is 19.5 Å². The van der Waals surface area contributed by atoms with E-state index in [1.165, 1.54) is 0 Å². The minimum atomic E-state index is 0.414. The third-order valence-corrected chi connectivity index (χ3v) is 3.10. The number of aromatic nitrogens is 1. The zero-order valence-electron chi connectivity index (χ0n) is 11.4. The number of nitrogens with zero attached hydrogens (tertiary/aromatic N) is 1. The highest BCUT2D eigenvalue weighted by Gasteiger charge is 2.10. The number of hydrogen-bond acceptors (Lipinski definition) is 3. The number of nitrogens with one attached hydrogen (secondary N) is 1. The first-order valence-electron chi connectivity index (χ1n) is 6.26. The van der Waals surface area contributed by atoms with Gasteiger partial charge in [-0.15, -0.1) is 0 Å². The van der Waals surface area contributed by atoms with E-state index in [2.05, 4.69) is 37.4 Å². The van der Waals surface area contributed by atoms with Gasteiger partial charge in [-0.2, -0.15) is 0 Å². The van der Waals surface area contributed by atoms with Crippen LogP contribution in [0.1, 0.15) is 31.0 Å². The van der Waals surface area contributed by atoms with Crippen molar-refractivity contribution in [2.24, 2.45) is 0 Å². The second kappa shape index (κ2) is 5.36. The van der Waals surface area contributed by atoms with Crippen molar-refractivity contribution in [1.82, 2.24) is 4.98 Å². The van der Waals surface area contributed by atoms with Crippen molar-refractivity contribution >= 4 is 16.6 Å². The van der Waals surface area contributed by atoms with Gasteiger partial charge in [0.05, 0.1) is 12.1 Å². The summed E-state index contributed by atoms with van der Waals surface area (Å²) in [5, 5.41) is 4.40. The molecule has 2 aromatic rings. The number of anilines is 1. The minimum absolute atomic E-state index is 0.414. The Morgan fingerprint density at radius 2 is 2.11 bits per heavy atom. The molecule has 0 aliphatic rings. The number of benzene rings is 1. The molecule has 0 fully saturated rings.